The summed E-state index contributed by atoms with van der Waals surface area (Å²) in [5.41, 5.74) is 1.78. The number of anilines is 1. The molecule has 2 aromatic carbocycles. The average molecular weight is 358 g/mol. The third-order valence-corrected chi connectivity index (χ3v) is 5.32. The van der Waals surface area contributed by atoms with E-state index in [9.17, 15) is 13.6 Å². The minimum Gasteiger partial charge on any atom is -0.317 e. The molecule has 1 unspecified atom stereocenters. The Balaban J connectivity index is 1.98. The first-order valence-corrected chi connectivity index (χ1v) is 9.09. The normalized spacial score (nSPS) is 18.8. The molecule has 26 heavy (non-hydrogen) atoms. The first-order valence-electron chi connectivity index (χ1n) is 9.09. The molecule has 0 saturated carbocycles. The Kier molecular flexibility index (Phi) is 5.37. The van der Waals surface area contributed by atoms with Gasteiger partial charge in [-0.1, -0.05) is 13.8 Å². The van der Waals surface area contributed by atoms with E-state index in [2.05, 4.69) is 12.2 Å². The van der Waals surface area contributed by atoms with Gasteiger partial charge in [-0.3, -0.25) is 4.79 Å². The topological polar surface area (TPSA) is 32.3 Å². The highest BCUT2D eigenvalue weighted by atomic mass is 19.1. The Morgan fingerprint density at radius 3 is 2.46 bits per heavy atom. The van der Waals surface area contributed by atoms with Gasteiger partial charge in [-0.25, -0.2) is 8.78 Å². The van der Waals surface area contributed by atoms with E-state index in [1.54, 1.807) is 17.0 Å². The zero-order chi connectivity index (χ0) is 18.7. The molecule has 1 aliphatic heterocycles. The highest BCUT2D eigenvalue weighted by Crippen LogP contribution is 2.45. The van der Waals surface area contributed by atoms with Crippen molar-refractivity contribution >= 4 is 11.6 Å². The molecule has 0 bridgehead atoms. The molecule has 0 aromatic heterocycles. The Morgan fingerprint density at radius 2 is 1.81 bits per heavy atom. The van der Waals surface area contributed by atoms with Crippen LogP contribution < -0.4 is 10.2 Å². The molecular formula is C21H24F2N2O. The van der Waals surface area contributed by atoms with E-state index in [-0.39, 0.29) is 23.0 Å². The summed E-state index contributed by atoms with van der Waals surface area (Å²) in [4.78, 5) is 14.7. The van der Waals surface area contributed by atoms with Gasteiger partial charge in [0.15, 0.2) is 0 Å². The lowest BCUT2D eigenvalue weighted by Gasteiger charge is -2.29. The van der Waals surface area contributed by atoms with Crippen molar-refractivity contribution in [1.82, 2.24) is 5.32 Å². The lowest BCUT2D eigenvalue weighted by molar-refractivity contribution is 0.0984. The van der Waals surface area contributed by atoms with Crippen molar-refractivity contribution in [1.29, 1.82) is 0 Å². The van der Waals surface area contributed by atoms with Crippen LogP contribution in [0.5, 0.6) is 0 Å². The summed E-state index contributed by atoms with van der Waals surface area (Å²) >= 11 is 0. The molecular weight excluding hydrogens is 334 g/mol. The van der Waals surface area contributed by atoms with Crippen LogP contribution in [0.15, 0.2) is 42.5 Å². The number of amides is 1. The number of rotatable bonds is 6. The highest BCUT2D eigenvalue weighted by Gasteiger charge is 2.43. The fourth-order valence-electron chi connectivity index (χ4n) is 3.77. The molecule has 0 radical (unpaired) electrons. The smallest absolute Gasteiger partial charge is 0.258 e. The van der Waals surface area contributed by atoms with Gasteiger partial charge in [-0.2, -0.15) is 0 Å². The van der Waals surface area contributed by atoms with Crippen LogP contribution >= 0.6 is 0 Å². The molecule has 1 N–H and O–H groups in total. The number of hydrogen-bond donors (Lipinski definition) is 1. The van der Waals surface area contributed by atoms with E-state index in [4.69, 9.17) is 0 Å². The van der Waals surface area contributed by atoms with Crippen molar-refractivity contribution in [2.75, 3.05) is 24.5 Å². The third-order valence-electron chi connectivity index (χ3n) is 5.32. The van der Waals surface area contributed by atoms with Crippen LogP contribution in [0.2, 0.25) is 0 Å². The maximum absolute atomic E-state index is 14.0. The lowest BCUT2D eigenvalue weighted by atomic mass is 9.77. The quantitative estimate of drug-likeness (QED) is 0.782. The Labute approximate surface area is 153 Å². The molecule has 3 rings (SSSR count). The van der Waals surface area contributed by atoms with Gasteiger partial charge in [0.25, 0.3) is 5.91 Å². The summed E-state index contributed by atoms with van der Waals surface area (Å²) in [5.74, 6) is -0.850. The Hall–Kier alpha value is -2.27. The van der Waals surface area contributed by atoms with Crippen LogP contribution in [0.1, 0.15) is 42.6 Å². The fourth-order valence-corrected chi connectivity index (χ4v) is 3.77. The summed E-state index contributed by atoms with van der Waals surface area (Å²) < 4.78 is 27.2. The molecule has 1 aliphatic rings. The van der Waals surface area contributed by atoms with Crippen LogP contribution in [-0.4, -0.2) is 25.5 Å². The summed E-state index contributed by atoms with van der Waals surface area (Å²) in [6, 6.07) is 10.2. The monoisotopic (exact) mass is 358 g/mol. The van der Waals surface area contributed by atoms with E-state index in [1.807, 2.05) is 6.92 Å². The third kappa shape index (κ3) is 3.36. The second kappa shape index (κ2) is 7.54. The number of fused-ring (bicyclic) bond motifs is 1. The predicted octanol–water partition coefficient (Wildman–Crippen LogP) is 4.27. The van der Waals surface area contributed by atoms with Crippen LogP contribution in [0.25, 0.3) is 0 Å². The van der Waals surface area contributed by atoms with Crippen molar-refractivity contribution in [2.24, 2.45) is 0 Å². The van der Waals surface area contributed by atoms with Gasteiger partial charge in [0.2, 0.25) is 0 Å². The predicted molar refractivity (Wildman–Crippen MR) is 99.6 cm³/mol. The number of benzene rings is 2. The van der Waals surface area contributed by atoms with Crippen molar-refractivity contribution < 1.29 is 13.6 Å². The molecule has 1 amide bonds. The van der Waals surface area contributed by atoms with Gasteiger partial charge in [0.05, 0.1) is 0 Å². The standard InChI is InChI=1S/C21H24F2N2O/c1-3-21(11-12-24-4-2)14-25(19-10-9-17(23)13-18(19)21)20(26)15-5-7-16(22)8-6-15/h5-10,13,24H,3-4,11-12,14H2,1-2H3. The molecule has 138 valence electrons. The van der Waals surface area contributed by atoms with E-state index in [1.165, 1.54) is 30.3 Å². The summed E-state index contributed by atoms with van der Waals surface area (Å²) in [6.07, 6.45) is 1.63. The number of carbonyl (C=O) groups is 1. The lowest BCUT2D eigenvalue weighted by Crippen LogP contribution is -2.38. The molecule has 2 aromatic rings. The van der Waals surface area contributed by atoms with Crippen molar-refractivity contribution in [2.45, 2.75) is 32.1 Å². The zero-order valence-electron chi connectivity index (χ0n) is 15.2. The number of nitrogens with one attached hydrogen (secondary N) is 1. The SMILES string of the molecule is CCNCCC1(CC)CN(C(=O)c2ccc(F)cc2)c2ccc(F)cc21. The van der Waals surface area contributed by atoms with Crippen molar-refractivity contribution in [3.8, 4) is 0 Å². The Bertz CT molecular complexity index is 791. The molecule has 0 aliphatic carbocycles. The summed E-state index contributed by atoms with van der Waals surface area (Å²) in [6.45, 7) is 6.30. The number of halogens is 2. The first-order chi connectivity index (χ1) is 12.5. The van der Waals surface area contributed by atoms with E-state index < -0.39 is 0 Å². The average Bonchev–Trinajstić information content (AvgIpc) is 2.96. The van der Waals surface area contributed by atoms with Crippen LogP contribution in [0.3, 0.4) is 0 Å². The molecule has 5 heteroatoms. The van der Waals surface area contributed by atoms with Crippen LogP contribution in [0.4, 0.5) is 14.5 Å². The van der Waals surface area contributed by atoms with Gasteiger partial charge >= 0.3 is 0 Å². The van der Waals surface area contributed by atoms with E-state index >= 15 is 0 Å². The minimum absolute atomic E-state index is 0.184. The number of carbonyl (C=O) groups excluding carboxylic acids is 1. The van der Waals surface area contributed by atoms with Crippen LogP contribution in [0, 0.1) is 11.6 Å². The van der Waals surface area contributed by atoms with Crippen molar-refractivity contribution in [3.63, 3.8) is 0 Å². The maximum atomic E-state index is 14.0. The fraction of sp³-hybridized carbons (Fsp3) is 0.381. The molecule has 0 fully saturated rings. The molecule has 0 saturated heterocycles. The first kappa shape index (κ1) is 18.5. The van der Waals surface area contributed by atoms with E-state index in [0.717, 1.165) is 37.2 Å². The summed E-state index contributed by atoms with van der Waals surface area (Å²) in [7, 11) is 0. The second-order valence-electron chi connectivity index (χ2n) is 6.80. The molecule has 3 nitrogen and oxygen atoms in total. The molecule has 1 heterocycles. The van der Waals surface area contributed by atoms with E-state index in [0.29, 0.717) is 12.1 Å². The van der Waals surface area contributed by atoms with Gasteiger partial charge in [0, 0.05) is 23.2 Å². The second-order valence-corrected chi connectivity index (χ2v) is 6.80. The van der Waals surface area contributed by atoms with Gasteiger partial charge in [0.1, 0.15) is 11.6 Å². The van der Waals surface area contributed by atoms with Crippen molar-refractivity contribution in [3.05, 3.63) is 65.2 Å². The van der Waals surface area contributed by atoms with Gasteiger partial charge in [-0.05, 0) is 74.0 Å². The molecule has 0 spiro atoms. The number of hydrogen-bond acceptors (Lipinski definition) is 2. The minimum atomic E-state index is -0.376. The largest absolute Gasteiger partial charge is 0.317 e. The zero-order valence-corrected chi connectivity index (χ0v) is 15.2. The summed E-state index contributed by atoms with van der Waals surface area (Å²) in [5, 5.41) is 3.32. The van der Waals surface area contributed by atoms with Crippen LogP contribution in [-0.2, 0) is 5.41 Å². The highest BCUT2D eigenvalue weighted by molar-refractivity contribution is 6.07. The maximum Gasteiger partial charge on any atom is 0.258 e. The van der Waals surface area contributed by atoms with Gasteiger partial charge < -0.3 is 10.2 Å². The van der Waals surface area contributed by atoms with Gasteiger partial charge in [-0.15, -0.1) is 0 Å². The number of nitrogens with zero attached hydrogens (tertiary/aromatic N) is 1. The Morgan fingerprint density at radius 1 is 1.12 bits per heavy atom. The molecule has 1 atom stereocenters.